The number of ether oxygens (including phenoxy) is 2. The quantitative estimate of drug-likeness (QED) is 0.730. The van der Waals surface area contributed by atoms with Gasteiger partial charge in [-0.2, -0.15) is 5.10 Å². The molecule has 0 bridgehead atoms. The van der Waals surface area contributed by atoms with Crippen molar-refractivity contribution in [3.05, 3.63) is 59.7 Å². The molecule has 0 radical (unpaired) electrons. The van der Waals surface area contributed by atoms with Crippen LogP contribution in [-0.4, -0.2) is 55.4 Å². The average Bonchev–Trinajstić information content (AvgIpc) is 3.25. The first-order valence-corrected chi connectivity index (χ1v) is 10.6. The molecule has 1 fully saturated rings. The van der Waals surface area contributed by atoms with Crippen molar-refractivity contribution in [1.82, 2.24) is 9.91 Å². The number of para-hydroxylation sites is 1. The van der Waals surface area contributed by atoms with Crippen molar-refractivity contribution >= 4 is 11.6 Å². The van der Waals surface area contributed by atoms with Gasteiger partial charge in [0.05, 0.1) is 32.5 Å². The highest BCUT2D eigenvalue weighted by Crippen LogP contribution is 2.37. The van der Waals surface area contributed by atoms with Gasteiger partial charge in [-0.25, -0.2) is 5.01 Å². The molecule has 6 heteroatoms. The van der Waals surface area contributed by atoms with Crippen molar-refractivity contribution in [1.29, 1.82) is 0 Å². The Hall–Kier alpha value is -2.86. The van der Waals surface area contributed by atoms with E-state index in [1.54, 1.807) is 19.2 Å². The summed E-state index contributed by atoms with van der Waals surface area (Å²) < 4.78 is 11.0. The second-order valence-electron chi connectivity index (χ2n) is 7.82. The lowest BCUT2D eigenvalue weighted by Gasteiger charge is -2.29. The maximum absolute atomic E-state index is 13.3. The summed E-state index contributed by atoms with van der Waals surface area (Å²) in [6.45, 7) is 2.36. The summed E-state index contributed by atoms with van der Waals surface area (Å²) in [4.78, 5) is 15.5. The van der Waals surface area contributed by atoms with E-state index in [4.69, 9.17) is 14.6 Å². The van der Waals surface area contributed by atoms with Gasteiger partial charge in [-0.1, -0.05) is 36.8 Å². The first-order valence-electron chi connectivity index (χ1n) is 10.6. The number of rotatable bonds is 6. The zero-order valence-electron chi connectivity index (χ0n) is 17.7. The van der Waals surface area contributed by atoms with Gasteiger partial charge in [0.25, 0.3) is 5.91 Å². The van der Waals surface area contributed by atoms with Crippen molar-refractivity contribution in [2.24, 2.45) is 5.10 Å². The van der Waals surface area contributed by atoms with Crippen LogP contribution >= 0.6 is 0 Å². The molecule has 4 rings (SSSR count). The highest BCUT2D eigenvalue weighted by molar-refractivity contribution is 6.03. The topological polar surface area (TPSA) is 54.4 Å². The lowest BCUT2D eigenvalue weighted by Crippen LogP contribution is -2.40. The van der Waals surface area contributed by atoms with Gasteiger partial charge in [0.15, 0.2) is 0 Å². The largest absolute Gasteiger partial charge is 0.497 e. The second-order valence-corrected chi connectivity index (χ2v) is 7.82. The number of amides is 1. The molecule has 158 valence electrons. The van der Waals surface area contributed by atoms with Crippen LogP contribution in [0, 0.1) is 0 Å². The minimum atomic E-state index is -0.181. The van der Waals surface area contributed by atoms with Gasteiger partial charge >= 0.3 is 0 Å². The van der Waals surface area contributed by atoms with E-state index in [-0.39, 0.29) is 11.9 Å². The molecule has 30 heavy (non-hydrogen) atoms. The monoisotopic (exact) mass is 407 g/mol. The van der Waals surface area contributed by atoms with Crippen LogP contribution < -0.4 is 9.47 Å². The Morgan fingerprint density at radius 2 is 1.83 bits per heavy atom. The SMILES string of the molecule is COc1cccc(C2=NN(C(=O)CN3CCCCC3)C(c3ccccc3OC)C2)c1. The first-order chi connectivity index (χ1) is 14.7. The van der Waals surface area contributed by atoms with Gasteiger partial charge in [0.2, 0.25) is 0 Å². The molecule has 0 spiro atoms. The van der Waals surface area contributed by atoms with Crippen molar-refractivity contribution in [3.8, 4) is 11.5 Å². The normalized spacial score (nSPS) is 19.5. The summed E-state index contributed by atoms with van der Waals surface area (Å²) in [5.74, 6) is 1.59. The lowest BCUT2D eigenvalue weighted by atomic mass is 9.97. The fraction of sp³-hybridized carbons (Fsp3) is 0.417. The molecule has 2 heterocycles. The van der Waals surface area contributed by atoms with Crippen LogP contribution in [0.5, 0.6) is 11.5 Å². The minimum absolute atomic E-state index is 0.0331. The molecule has 2 aliphatic heterocycles. The molecule has 2 aliphatic rings. The fourth-order valence-electron chi connectivity index (χ4n) is 4.28. The molecule has 1 amide bonds. The summed E-state index contributed by atoms with van der Waals surface area (Å²) in [6.07, 6.45) is 4.19. The third-order valence-corrected chi connectivity index (χ3v) is 5.87. The van der Waals surface area contributed by atoms with Gasteiger partial charge in [-0.3, -0.25) is 9.69 Å². The van der Waals surface area contributed by atoms with Crippen molar-refractivity contribution in [2.45, 2.75) is 31.7 Å². The van der Waals surface area contributed by atoms with Crippen LogP contribution in [0.3, 0.4) is 0 Å². The molecule has 1 atom stereocenters. The zero-order chi connectivity index (χ0) is 20.9. The molecule has 0 N–H and O–H groups in total. The molecule has 2 aromatic rings. The Labute approximate surface area is 178 Å². The third kappa shape index (κ3) is 4.33. The van der Waals surface area contributed by atoms with Crippen LogP contribution in [0.25, 0.3) is 0 Å². The predicted octanol–water partition coefficient (Wildman–Crippen LogP) is 3.87. The lowest BCUT2D eigenvalue weighted by molar-refractivity contribution is -0.134. The summed E-state index contributed by atoms with van der Waals surface area (Å²) in [6, 6.07) is 15.6. The van der Waals surface area contributed by atoms with Crippen molar-refractivity contribution < 1.29 is 14.3 Å². The Balaban J connectivity index is 1.64. The minimum Gasteiger partial charge on any atom is -0.497 e. The number of hydrazone groups is 1. The van der Waals surface area contributed by atoms with Crippen LogP contribution in [0.4, 0.5) is 0 Å². The summed E-state index contributed by atoms with van der Waals surface area (Å²) in [5.41, 5.74) is 2.84. The average molecular weight is 408 g/mol. The van der Waals surface area contributed by atoms with Crippen molar-refractivity contribution in [2.75, 3.05) is 33.9 Å². The van der Waals surface area contributed by atoms with Gasteiger partial charge in [0.1, 0.15) is 11.5 Å². The van der Waals surface area contributed by atoms with Gasteiger partial charge in [-0.05, 0) is 44.1 Å². The van der Waals surface area contributed by atoms with Crippen LogP contribution in [0.15, 0.2) is 53.6 Å². The Morgan fingerprint density at radius 3 is 2.60 bits per heavy atom. The van der Waals surface area contributed by atoms with E-state index in [1.165, 1.54) is 6.42 Å². The van der Waals surface area contributed by atoms with Gasteiger partial charge in [0, 0.05) is 17.5 Å². The summed E-state index contributed by atoms with van der Waals surface area (Å²) in [7, 11) is 3.32. The highest BCUT2D eigenvalue weighted by atomic mass is 16.5. The van der Waals surface area contributed by atoms with E-state index < -0.39 is 0 Å². The van der Waals surface area contributed by atoms with E-state index in [1.807, 2.05) is 48.5 Å². The Bertz CT molecular complexity index is 921. The molecule has 2 aromatic carbocycles. The Morgan fingerprint density at radius 1 is 1.03 bits per heavy atom. The number of methoxy groups -OCH3 is 2. The fourth-order valence-corrected chi connectivity index (χ4v) is 4.28. The predicted molar refractivity (Wildman–Crippen MR) is 117 cm³/mol. The molecule has 6 nitrogen and oxygen atoms in total. The smallest absolute Gasteiger partial charge is 0.257 e. The standard InChI is InChI=1S/C24H29N3O3/c1-29-19-10-8-9-18(15-19)21-16-22(20-11-4-5-12-23(20)30-2)27(25-21)24(28)17-26-13-6-3-7-14-26/h4-5,8-12,15,22H,3,6-7,13-14,16-17H2,1-2H3. The number of carbonyl (C=O) groups excluding carboxylic acids is 1. The number of piperidine rings is 1. The van der Waals surface area contributed by atoms with E-state index in [2.05, 4.69) is 4.90 Å². The molecule has 0 aromatic heterocycles. The number of benzene rings is 2. The van der Waals surface area contributed by atoms with Gasteiger partial charge < -0.3 is 9.47 Å². The number of hydrogen-bond donors (Lipinski definition) is 0. The number of nitrogens with zero attached hydrogens (tertiary/aromatic N) is 3. The summed E-state index contributed by atoms with van der Waals surface area (Å²) >= 11 is 0. The summed E-state index contributed by atoms with van der Waals surface area (Å²) in [5, 5.41) is 6.46. The number of hydrogen-bond acceptors (Lipinski definition) is 5. The molecular weight excluding hydrogens is 378 g/mol. The van der Waals surface area contributed by atoms with Crippen LogP contribution in [-0.2, 0) is 4.79 Å². The molecular formula is C24H29N3O3. The zero-order valence-corrected chi connectivity index (χ0v) is 17.7. The maximum atomic E-state index is 13.3. The van der Waals surface area contributed by atoms with E-state index in [9.17, 15) is 4.79 Å². The molecule has 0 saturated carbocycles. The highest BCUT2D eigenvalue weighted by Gasteiger charge is 2.35. The van der Waals surface area contributed by atoms with E-state index in [0.29, 0.717) is 13.0 Å². The van der Waals surface area contributed by atoms with Gasteiger partial charge in [-0.15, -0.1) is 0 Å². The van der Waals surface area contributed by atoms with Crippen LogP contribution in [0.1, 0.15) is 42.9 Å². The van der Waals surface area contributed by atoms with E-state index >= 15 is 0 Å². The number of likely N-dealkylation sites (tertiary alicyclic amines) is 1. The number of carbonyl (C=O) groups is 1. The maximum Gasteiger partial charge on any atom is 0.257 e. The Kier molecular flexibility index (Phi) is 6.33. The van der Waals surface area contributed by atoms with Crippen LogP contribution in [0.2, 0.25) is 0 Å². The molecule has 0 aliphatic carbocycles. The molecule has 1 saturated heterocycles. The molecule has 1 unspecified atom stereocenters. The first kappa shape index (κ1) is 20.4. The van der Waals surface area contributed by atoms with E-state index in [0.717, 1.165) is 54.3 Å². The third-order valence-electron chi connectivity index (χ3n) is 5.87. The second kappa shape index (κ2) is 9.30. The van der Waals surface area contributed by atoms with Crippen molar-refractivity contribution in [3.63, 3.8) is 0 Å².